The van der Waals surface area contributed by atoms with Gasteiger partial charge in [0.05, 0.1) is 0 Å². The van der Waals surface area contributed by atoms with Gasteiger partial charge in [-0.25, -0.2) is 17.6 Å². The van der Waals surface area contributed by atoms with Crippen LogP contribution in [-0.2, 0) is 4.79 Å². The number of ketones is 1. The molecule has 1 aromatic rings. The molecule has 2 unspecified atom stereocenters. The van der Waals surface area contributed by atoms with E-state index >= 15 is 0 Å². The van der Waals surface area contributed by atoms with E-state index in [9.17, 15) is 22.4 Å². The predicted molar refractivity (Wildman–Crippen MR) is 55.2 cm³/mol. The summed E-state index contributed by atoms with van der Waals surface area (Å²) < 4.78 is 53.9. The van der Waals surface area contributed by atoms with Crippen LogP contribution in [0.5, 0.6) is 0 Å². The van der Waals surface area contributed by atoms with Crippen molar-refractivity contribution in [3.05, 3.63) is 34.4 Å². The van der Waals surface area contributed by atoms with Gasteiger partial charge in [-0.3, -0.25) is 4.79 Å². The Balaban J connectivity index is 2.37. The first-order valence-corrected chi connectivity index (χ1v) is 5.68. The van der Waals surface area contributed by atoms with Crippen molar-refractivity contribution >= 4 is 5.78 Å². The third-order valence-corrected chi connectivity index (χ3v) is 4.33. The van der Waals surface area contributed by atoms with Crippen molar-refractivity contribution in [3.8, 4) is 0 Å². The molecule has 1 aromatic carbocycles. The molecule has 0 amide bonds. The number of hydrogen-bond donors (Lipinski definition) is 0. The lowest BCUT2D eigenvalue weighted by Crippen LogP contribution is -2.31. The number of hydrogen-bond acceptors (Lipinski definition) is 1. The normalized spacial score (nSPS) is 27.8. The highest BCUT2D eigenvalue weighted by Crippen LogP contribution is 2.61. The largest absolute Gasteiger partial charge is 0.298 e. The summed E-state index contributed by atoms with van der Waals surface area (Å²) in [7, 11) is 0. The summed E-state index contributed by atoms with van der Waals surface area (Å²) in [5.74, 6) is -8.04. The lowest BCUT2D eigenvalue weighted by Gasteiger charge is -2.30. The van der Waals surface area contributed by atoms with Crippen LogP contribution in [0.2, 0.25) is 0 Å². The highest BCUT2D eigenvalue weighted by Gasteiger charge is 2.58. The van der Waals surface area contributed by atoms with Gasteiger partial charge in [0.2, 0.25) is 0 Å². The van der Waals surface area contributed by atoms with Gasteiger partial charge >= 0.3 is 0 Å². The molecule has 1 fully saturated rings. The van der Waals surface area contributed by atoms with Crippen molar-refractivity contribution in [3.63, 3.8) is 0 Å². The smallest absolute Gasteiger partial charge is 0.197 e. The van der Waals surface area contributed by atoms with Crippen LogP contribution in [-0.4, -0.2) is 5.78 Å². The van der Waals surface area contributed by atoms with Gasteiger partial charge in [-0.1, -0.05) is 13.8 Å². The standard InChI is InChI=1S/C13H10F4O/c1-13(2)5-3-4(12(13)18)6-7(5)9(15)11(17)10(16)8(6)14/h4-5H,3H2,1-2H3. The molecule has 0 aromatic heterocycles. The van der Waals surface area contributed by atoms with Crippen molar-refractivity contribution in [2.75, 3.05) is 0 Å². The number of halogens is 4. The molecule has 2 bridgehead atoms. The average Bonchev–Trinajstić information content (AvgIpc) is 2.81. The summed E-state index contributed by atoms with van der Waals surface area (Å²) >= 11 is 0. The van der Waals surface area contributed by atoms with Gasteiger partial charge in [-0.05, 0) is 6.42 Å². The van der Waals surface area contributed by atoms with Crippen LogP contribution in [0.15, 0.2) is 0 Å². The first kappa shape index (κ1) is 11.7. The highest BCUT2D eigenvalue weighted by molar-refractivity contribution is 5.96. The second-order valence-corrected chi connectivity index (χ2v) is 5.51. The molecule has 1 nitrogen and oxygen atoms in total. The Hall–Kier alpha value is -1.39. The van der Waals surface area contributed by atoms with E-state index in [4.69, 9.17) is 0 Å². The Morgan fingerprint density at radius 2 is 1.44 bits per heavy atom. The quantitative estimate of drug-likeness (QED) is 0.396. The van der Waals surface area contributed by atoms with Crippen LogP contribution in [0.4, 0.5) is 17.6 Å². The van der Waals surface area contributed by atoms with Gasteiger partial charge in [-0.2, -0.15) is 0 Å². The number of Topliss-reactive ketones (excluding diaryl/α,β-unsaturated/α-hetero) is 1. The summed E-state index contributed by atoms with van der Waals surface area (Å²) in [6.07, 6.45) is 0.234. The van der Waals surface area contributed by atoms with Crippen LogP contribution < -0.4 is 0 Å². The van der Waals surface area contributed by atoms with Crippen molar-refractivity contribution in [1.82, 2.24) is 0 Å². The summed E-state index contributed by atoms with van der Waals surface area (Å²) in [5.41, 5.74) is -1.28. The molecule has 0 N–H and O–H groups in total. The van der Waals surface area contributed by atoms with E-state index in [1.165, 1.54) is 0 Å². The Morgan fingerprint density at radius 1 is 0.944 bits per heavy atom. The minimum absolute atomic E-state index is 0.152. The number of fused-ring (bicyclic) bond motifs is 5. The molecule has 3 rings (SSSR count). The fraction of sp³-hybridized carbons (Fsp3) is 0.462. The zero-order chi connectivity index (χ0) is 13.4. The van der Waals surface area contributed by atoms with Gasteiger partial charge < -0.3 is 0 Å². The molecular formula is C13H10F4O. The highest BCUT2D eigenvalue weighted by atomic mass is 19.2. The lowest BCUT2D eigenvalue weighted by molar-refractivity contribution is -0.126. The van der Waals surface area contributed by atoms with Crippen molar-refractivity contribution in [1.29, 1.82) is 0 Å². The topological polar surface area (TPSA) is 17.1 Å². The maximum atomic E-state index is 13.8. The number of benzene rings is 1. The minimum atomic E-state index is -1.83. The van der Waals surface area contributed by atoms with E-state index in [0.29, 0.717) is 0 Å². The Kier molecular flexibility index (Phi) is 2.03. The SMILES string of the molecule is CC1(C)C(=O)C2CC1c1c(F)c(F)c(F)c(F)c12. The number of carbonyl (C=O) groups is 1. The molecule has 1 saturated carbocycles. The minimum Gasteiger partial charge on any atom is -0.298 e. The lowest BCUT2D eigenvalue weighted by atomic mass is 9.72. The predicted octanol–water partition coefficient (Wildman–Crippen LogP) is 3.42. The van der Waals surface area contributed by atoms with Crippen LogP contribution in [0.1, 0.15) is 43.2 Å². The molecule has 2 aliphatic carbocycles. The van der Waals surface area contributed by atoms with Crippen LogP contribution in [0.25, 0.3) is 0 Å². The van der Waals surface area contributed by atoms with Crippen molar-refractivity contribution in [2.45, 2.75) is 32.1 Å². The van der Waals surface area contributed by atoms with Gasteiger partial charge in [0.15, 0.2) is 23.3 Å². The third-order valence-electron chi connectivity index (χ3n) is 4.33. The van der Waals surface area contributed by atoms with E-state index in [-0.39, 0.29) is 23.3 Å². The van der Waals surface area contributed by atoms with Crippen LogP contribution in [0.3, 0.4) is 0 Å². The summed E-state index contributed by atoms with van der Waals surface area (Å²) in [5, 5.41) is 0. The first-order valence-electron chi connectivity index (χ1n) is 5.68. The molecule has 0 radical (unpaired) electrons. The summed E-state index contributed by atoms with van der Waals surface area (Å²) in [4.78, 5) is 12.0. The van der Waals surface area contributed by atoms with E-state index in [1.807, 2.05) is 0 Å². The van der Waals surface area contributed by atoms with Crippen molar-refractivity contribution in [2.24, 2.45) is 5.41 Å². The molecule has 96 valence electrons. The molecule has 18 heavy (non-hydrogen) atoms. The fourth-order valence-corrected chi connectivity index (χ4v) is 3.33. The Morgan fingerprint density at radius 3 is 2.00 bits per heavy atom. The third kappa shape index (κ3) is 1.06. The monoisotopic (exact) mass is 258 g/mol. The molecule has 0 heterocycles. The van der Waals surface area contributed by atoms with Crippen molar-refractivity contribution < 1.29 is 22.4 Å². The average molecular weight is 258 g/mol. The van der Waals surface area contributed by atoms with E-state index in [2.05, 4.69) is 0 Å². The van der Waals surface area contributed by atoms with Crippen LogP contribution in [0, 0.1) is 28.7 Å². The summed E-state index contributed by atoms with van der Waals surface area (Å²) in [6, 6.07) is 0. The molecule has 5 heteroatoms. The molecule has 0 saturated heterocycles. The fourth-order valence-electron chi connectivity index (χ4n) is 3.33. The number of carbonyl (C=O) groups excluding carboxylic acids is 1. The zero-order valence-corrected chi connectivity index (χ0v) is 9.78. The van der Waals surface area contributed by atoms with E-state index < -0.39 is 40.5 Å². The van der Waals surface area contributed by atoms with E-state index in [1.54, 1.807) is 13.8 Å². The van der Waals surface area contributed by atoms with Gasteiger partial charge in [0.25, 0.3) is 0 Å². The summed E-state index contributed by atoms with van der Waals surface area (Å²) in [6.45, 7) is 3.25. The Labute approximate surface area is 101 Å². The molecular weight excluding hydrogens is 248 g/mol. The molecule has 2 atom stereocenters. The molecule has 2 aliphatic rings. The van der Waals surface area contributed by atoms with Gasteiger partial charge in [-0.15, -0.1) is 0 Å². The number of rotatable bonds is 0. The second-order valence-electron chi connectivity index (χ2n) is 5.51. The first-order chi connectivity index (χ1) is 8.28. The van der Waals surface area contributed by atoms with E-state index in [0.717, 1.165) is 0 Å². The van der Waals surface area contributed by atoms with Gasteiger partial charge in [0.1, 0.15) is 5.78 Å². The maximum Gasteiger partial charge on any atom is 0.197 e. The Bertz CT molecular complexity index is 591. The maximum absolute atomic E-state index is 13.8. The second kappa shape index (κ2) is 3.13. The molecule has 0 spiro atoms. The van der Waals surface area contributed by atoms with Crippen LogP contribution >= 0.6 is 0 Å². The zero-order valence-electron chi connectivity index (χ0n) is 9.78. The molecule has 0 aliphatic heterocycles. The van der Waals surface area contributed by atoms with Gasteiger partial charge in [0, 0.05) is 28.4 Å².